The Balaban J connectivity index is 3.74. The lowest BCUT2D eigenvalue weighted by atomic mass is 10.2. The minimum Gasteiger partial charge on any atom is -0.506 e. The van der Waals surface area contributed by atoms with Crippen LogP contribution in [0.15, 0.2) is 21.9 Å². The maximum atomic E-state index is 11.0. The molecule has 7 heteroatoms. The number of phenolic OH excluding ortho intramolecular Hbond substituents is 1. The molecule has 1 aromatic rings. The molecule has 0 amide bonds. The fraction of sp³-hybridized carbons (Fsp3) is 0. The van der Waals surface area contributed by atoms with Crippen molar-refractivity contribution >= 4 is 32.4 Å². The molecule has 0 radical (unpaired) electrons. The lowest BCUT2D eigenvalue weighted by Crippen LogP contribution is -1.96. The van der Waals surface area contributed by atoms with E-state index in [1.807, 2.05) is 0 Å². The third-order valence-corrected chi connectivity index (χ3v) is 3.21. The van der Waals surface area contributed by atoms with Gasteiger partial charge in [-0.2, -0.15) is 5.26 Å². The summed E-state index contributed by atoms with van der Waals surface area (Å²) in [5.41, 5.74) is -0.261. The maximum absolute atomic E-state index is 11.0. The summed E-state index contributed by atoms with van der Waals surface area (Å²) in [5.74, 6) is -0.561. The van der Waals surface area contributed by atoms with Crippen LogP contribution in [0.2, 0.25) is 0 Å². The maximum Gasteiger partial charge on any atom is 0.266 e. The first-order chi connectivity index (χ1) is 6.38. The summed E-state index contributed by atoms with van der Waals surface area (Å²) in [5, 5.41) is 17.9. The normalized spacial score (nSPS) is 10.9. The molecule has 74 valence electrons. The average molecular weight is 250 g/mol. The van der Waals surface area contributed by atoms with E-state index >= 15 is 0 Å². The zero-order valence-corrected chi connectivity index (χ0v) is 9.07. The van der Waals surface area contributed by atoms with Crippen molar-refractivity contribution in [2.75, 3.05) is 0 Å². The van der Waals surface area contributed by atoms with Crippen molar-refractivity contribution in [2.45, 2.75) is 9.79 Å². The van der Waals surface area contributed by atoms with Crippen molar-refractivity contribution in [1.29, 1.82) is 5.26 Å². The van der Waals surface area contributed by atoms with Gasteiger partial charge in [-0.3, -0.25) is 0 Å². The van der Waals surface area contributed by atoms with Crippen molar-refractivity contribution in [3.63, 3.8) is 0 Å². The highest BCUT2D eigenvalue weighted by Crippen LogP contribution is 2.32. The number of hydrogen-bond acceptors (Lipinski definition) is 5. The Hall–Kier alpha value is -0.900. The second-order valence-electron chi connectivity index (χ2n) is 2.36. The van der Waals surface area contributed by atoms with Crippen molar-refractivity contribution in [3.05, 3.63) is 17.7 Å². The molecule has 1 rings (SSSR count). The Morgan fingerprint density at radius 3 is 2.43 bits per heavy atom. The van der Waals surface area contributed by atoms with E-state index in [-0.39, 0.29) is 10.5 Å². The molecule has 0 bridgehead atoms. The molecular weight excluding hydrogens is 246 g/mol. The van der Waals surface area contributed by atoms with Gasteiger partial charge in [-0.05, 0) is 12.1 Å². The van der Waals surface area contributed by atoms with Crippen molar-refractivity contribution in [1.82, 2.24) is 0 Å². The third kappa shape index (κ3) is 1.95. The lowest BCUT2D eigenvalue weighted by molar-refractivity contribution is 0.458. The number of halogens is 1. The van der Waals surface area contributed by atoms with E-state index < -0.39 is 19.7 Å². The minimum atomic E-state index is -4.15. The van der Waals surface area contributed by atoms with Crippen LogP contribution in [-0.2, 0) is 9.05 Å². The molecule has 0 atom stereocenters. The molecule has 0 unspecified atom stereocenters. The highest BCUT2D eigenvalue weighted by molar-refractivity contribution is 8.13. The standard InChI is InChI=1S/C7H4ClNO3S2/c8-14(11,12)7-4(3-9)6(13)2-1-5(7)10/h1-2,10,13H. The zero-order chi connectivity index (χ0) is 10.9. The molecule has 0 saturated heterocycles. The second kappa shape index (κ2) is 3.69. The van der Waals surface area contributed by atoms with Crippen molar-refractivity contribution < 1.29 is 13.5 Å². The quantitative estimate of drug-likeness (QED) is 0.584. The largest absolute Gasteiger partial charge is 0.506 e. The van der Waals surface area contributed by atoms with Gasteiger partial charge in [0.05, 0.1) is 5.56 Å². The monoisotopic (exact) mass is 249 g/mol. The second-order valence-corrected chi connectivity index (χ2v) is 5.34. The number of benzene rings is 1. The van der Waals surface area contributed by atoms with Crippen LogP contribution in [0.5, 0.6) is 5.75 Å². The molecule has 1 aromatic carbocycles. The predicted octanol–water partition coefficient (Wildman–Crippen LogP) is 1.48. The Morgan fingerprint density at radius 1 is 1.50 bits per heavy atom. The smallest absolute Gasteiger partial charge is 0.266 e. The number of aromatic hydroxyl groups is 1. The summed E-state index contributed by atoms with van der Waals surface area (Å²) >= 11 is 3.87. The summed E-state index contributed by atoms with van der Waals surface area (Å²) in [6, 6.07) is 4.03. The molecule has 0 spiro atoms. The van der Waals surface area contributed by atoms with E-state index in [1.54, 1.807) is 6.07 Å². The topological polar surface area (TPSA) is 78.2 Å². The van der Waals surface area contributed by atoms with Gasteiger partial charge in [-0.15, -0.1) is 12.6 Å². The van der Waals surface area contributed by atoms with Crippen LogP contribution in [-0.4, -0.2) is 13.5 Å². The zero-order valence-electron chi connectivity index (χ0n) is 6.60. The third-order valence-electron chi connectivity index (χ3n) is 1.47. The molecule has 0 saturated carbocycles. The van der Waals surface area contributed by atoms with Gasteiger partial charge in [0.25, 0.3) is 9.05 Å². The fourth-order valence-electron chi connectivity index (χ4n) is 0.916. The number of rotatable bonds is 1. The van der Waals surface area contributed by atoms with Crippen LogP contribution in [0, 0.1) is 11.3 Å². The molecule has 0 aliphatic heterocycles. The summed E-state index contributed by atoms with van der Waals surface area (Å²) in [6.45, 7) is 0. The molecular formula is C7H4ClNO3S2. The first-order valence-corrected chi connectivity index (χ1v) is 6.03. The highest BCUT2D eigenvalue weighted by atomic mass is 35.7. The predicted molar refractivity (Wildman–Crippen MR) is 53.1 cm³/mol. The van der Waals surface area contributed by atoms with Crippen molar-refractivity contribution in [3.8, 4) is 11.8 Å². The molecule has 0 fully saturated rings. The summed E-state index contributed by atoms with van der Waals surface area (Å²) in [6.07, 6.45) is 0. The van der Waals surface area contributed by atoms with Gasteiger partial charge < -0.3 is 5.11 Å². The SMILES string of the molecule is N#Cc1c(S)ccc(O)c1S(=O)(=O)Cl. The Bertz CT molecular complexity index is 518. The molecule has 1 N–H and O–H groups in total. The van der Waals surface area contributed by atoms with Crippen LogP contribution in [0.3, 0.4) is 0 Å². The van der Waals surface area contributed by atoms with E-state index in [1.165, 1.54) is 6.07 Å². The van der Waals surface area contributed by atoms with E-state index in [4.69, 9.17) is 15.9 Å². The summed E-state index contributed by atoms with van der Waals surface area (Å²) < 4.78 is 22.0. The number of hydrogen-bond donors (Lipinski definition) is 2. The molecule has 0 heterocycles. The number of nitrogens with zero attached hydrogens (tertiary/aromatic N) is 1. The number of thiol groups is 1. The van der Waals surface area contributed by atoms with E-state index in [0.29, 0.717) is 0 Å². The first-order valence-electron chi connectivity index (χ1n) is 3.27. The Kier molecular flexibility index (Phi) is 2.95. The van der Waals surface area contributed by atoms with Gasteiger partial charge in [0.15, 0.2) is 0 Å². The van der Waals surface area contributed by atoms with Gasteiger partial charge in [0.2, 0.25) is 0 Å². The molecule has 0 aliphatic rings. The number of phenols is 1. The van der Waals surface area contributed by atoms with Crippen LogP contribution < -0.4 is 0 Å². The van der Waals surface area contributed by atoms with Crippen LogP contribution in [0.1, 0.15) is 5.56 Å². The first kappa shape index (κ1) is 11.2. The van der Waals surface area contributed by atoms with Gasteiger partial charge >= 0.3 is 0 Å². The Labute approximate surface area is 90.6 Å². The van der Waals surface area contributed by atoms with Crippen LogP contribution in [0.4, 0.5) is 0 Å². The summed E-state index contributed by atoms with van der Waals surface area (Å²) in [7, 11) is 0.899. The van der Waals surface area contributed by atoms with Gasteiger partial charge in [-0.25, -0.2) is 8.42 Å². The highest BCUT2D eigenvalue weighted by Gasteiger charge is 2.22. The van der Waals surface area contributed by atoms with Crippen LogP contribution >= 0.6 is 23.3 Å². The lowest BCUT2D eigenvalue weighted by Gasteiger charge is -2.04. The molecule has 4 nitrogen and oxygen atoms in total. The van der Waals surface area contributed by atoms with Gasteiger partial charge in [-0.1, -0.05) is 0 Å². The van der Waals surface area contributed by atoms with Gasteiger partial charge in [0.1, 0.15) is 16.7 Å². The minimum absolute atomic E-state index is 0.143. The van der Waals surface area contributed by atoms with E-state index in [2.05, 4.69) is 12.6 Å². The van der Waals surface area contributed by atoms with E-state index in [9.17, 15) is 13.5 Å². The van der Waals surface area contributed by atoms with Crippen LogP contribution in [0.25, 0.3) is 0 Å². The fourth-order valence-corrected chi connectivity index (χ4v) is 2.41. The van der Waals surface area contributed by atoms with E-state index in [0.717, 1.165) is 6.07 Å². The average Bonchev–Trinajstić information content (AvgIpc) is 2.06. The summed E-state index contributed by atoms with van der Waals surface area (Å²) in [4.78, 5) is -0.460. The van der Waals surface area contributed by atoms with Gasteiger partial charge in [0, 0.05) is 15.6 Å². The number of nitriles is 1. The molecule has 0 aliphatic carbocycles. The Morgan fingerprint density at radius 2 is 2.07 bits per heavy atom. The molecule has 14 heavy (non-hydrogen) atoms. The van der Waals surface area contributed by atoms with Crippen molar-refractivity contribution in [2.24, 2.45) is 0 Å². The molecule has 0 aromatic heterocycles.